The highest BCUT2D eigenvalue weighted by Gasteiger charge is 2.07. The molecule has 0 radical (unpaired) electrons. The number of nitrogen functional groups attached to an aromatic ring is 1. The van der Waals surface area contributed by atoms with Crippen molar-refractivity contribution in [2.75, 3.05) is 11.1 Å². The van der Waals surface area contributed by atoms with Crippen LogP contribution in [-0.4, -0.2) is 16.1 Å². The number of nitrogens with zero attached hydrogens (tertiary/aromatic N) is 1. The quantitative estimate of drug-likeness (QED) is 0.737. The lowest BCUT2D eigenvalue weighted by Gasteiger charge is -2.07. The average Bonchev–Trinajstić information content (AvgIpc) is 2.72. The Morgan fingerprint density at radius 1 is 1.56 bits per heavy atom. The maximum Gasteiger partial charge on any atom is 0.337 e. The minimum absolute atomic E-state index is 0.116. The van der Waals surface area contributed by atoms with Gasteiger partial charge in [0.2, 0.25) is 0 Å². The molecule has 0 aliphatic rings. The maximum atomic E-state index is 10.8. The van der Waals surface area contributed by atoms with Crippen LogP contribution in [0.5, 0.6) is 0 Å². The van der Waals surface area contributed by atoms with E-state index < -0.39 is 5.97 Å². The number of nitrogens with two attached hydrogens (primary N) is 1. The van der Waals surface area contributed by atoms with Gasteiger partial charge in [0.25, 0.3) is 0 Å². The van der Waals surface area contributed by atoms with Gasteiger partial charge < -0.3 is 16.2 Å². The first-order valence-corrected chi connectivity index (χ1v) is 6.22. The van der Waals surface area contributed by atoms with E-state index in [0.29, 0.717) is 6.54 Å². The monoisotopic (exact) mass is 263 g/mol. The predicted molar refractivity (Wildman–Crippen MR) is 72.0 cm³/mol. The summed E-state index contributed by atoms with van der Waals surface area (Å²) in [6.45, 7) is 2.55. The summed E-state index contributed by atoms with van der Waals surface area (Å²) in [5.41, 5.74) is 7.77. The van der Waals surface area contributed by atoms with Crippen LogP contribution in [0.15, 0.2) is 23.6 Å². The highest BCUT2D eigenvalue weighted by atomic mass is 32.1. The lowest BCUT2D eigenvalue weighted by molar-refractivity contribution is 0.0698. The van der Waals surface area contributed by atoms with Crippen molar-refractivity contribution in [2.24, 2.45) is 0 Å². The van der Waals surface area contributed by atoms with Gasteiger partial charge in [-0.3, -0.25) is 0 Å². The molecule has 5 nitrogen and oxygen atoms in total. The van der Waals surface area contributed by atoms with Crippen molar-refractivity contribution in [3.05, 3.63) is 39.8 Å². The number of aromatic carboxylic acids is 1. The molecule has 1 aromatic carbocycles. The number of aromatic nitrogens is 1. The summed E-state index contributed by atoms with van der Waals surface area (Å²) in [6.07, 6.45) is 0. The third-order valence-corrected chi connectivity index (χ3v) is 3.24. The van der Waals surface area contributed by atoms with Crippen LogP contribution in [0, 0.1) is 6.92 Å². The molecule has 1 aromatic heterocycles. The van der Waals surface area contributed by atoms with Gasteiger partial charge in [-0.25, -0.2) is 9.78 Å². The van der Waals surface area contributed by atoms with Crippen molar-refractivity contribution < 1.29 is 9.90 Å². The van der Waals surface area contributed by atoms with E-state index in [2.05, 4.69) is 10.3 Å². The van der Waals surface area contributed by atoms with E-state index in [0.717, 1.165) is 16.4 Å². The molecule has 0 saturated carbocycles. The number of hydrogen-bond acceptors (Lipinski definition) is 5. The lowest BCUT2D eigenvalue weighted by Crippen LogP contribution is -2.05. The van der Waals surface area contributed by atoms with Crippen molar-refractivity contribution in [3.63, 3.8) is 0 Å². The zero-order valence-corrected chi connectivity index (χ0v) is 10.6. The topological polar surface area (TPSA) is 88.2 Å². The second-order valence-electron chi connectivity index (χ2n) is 3.82. The van der Waals surface area contributed by atoms with Gasteiger partial charge in [-0.2, -0.15) is 0 Å². The number of benzene rings is 1. The SMILES string of the molecule is Cc1nc(CNc2ccc(C(=O)O)c(N)c2)cs1. The smallest absolute Gasteiger partial charge is 0.337 e. The van der Waals surface area contributed by atoms with Crippen LogP contribution in [0.4, 0.5) is 11.4 Å². The molecule has 0 amide bonds. The van der Waals surface area contributed by atoms with Crippen LogP contribution in [-0.2, 0) is 6.54 Å². The van der Waals surface area contributed by atoms with Crippen LogP contribution in [0.2, 0.25) is 0 Å². The first-order valence-electron chi connectivity index (χ1n) is 5.34. The third kappa shape index (κ3) is 2.78. The van der Waals surface area contributed by atoms with Gasteiger partial charge in [0, 0.05) is 16.8 Å². The van der Waals surface area contributed by atoms with Crippen LogP contribution >= 0.6 is 11.3 Å². The Kier molecular flexibility index (Phi) is 3.47. The summed E-state index contributed by atoms with van der Waals surface area (Å²) >= 11 is 1.60. The minimum Gasteiger partial charge on any atom is -0.478 e. The first kappa shape index (κ1) is 12.4. The summed E-state index contributed by atoms with van der Waals surface area (Å²) in [6, 6.07) is 4.80. The molecule has 0 atom stereocenters. The summed E-state index contributed by atoms with van der Waals surface area (Å²) in [5.74, 6) is -1.02. The number of hydrogen-bond donors (Lipinski definition) is 3. The average molecular weight is 263 g/mol. The van der Waals surface area contributed by atoms with Crippen molar-refractivity contribution in [1.82, 2.24) is 4.98 Å². The van der Waals surface area contributed by atoms with Gasteiger partial charge >= 0.3 is 5.97 Å². The summed E-state index contributed by atoms with van der Waals surface area (Å²) in [4.78, 5) is 15.1. The van der Waals surface area contributed by atoms with Gasteiger partial charge in [0.1, 0.15) is 0 Å². The van der Waals surface area contributed by atoms with Crippen LogP contribution in [0.25, 0.3) is 0 Å². The zero-order chi connectivity index (χ0) is 13.1. The Morgan fingerprint density at radius 2 is 2.33 bits per heavy atom. The lowest BCUT2D eigenvalue weighted by atomic mass is 10.1. The Hall–Kier alpha value is -2.08. The minimum atomic E-state index is -1.02. The van der Waals surface area contributed by atoms with Crippen molar-refractivity contribution >= 4 is 28.7 Å². The second kappa shape index (κ2) is 5.05. The van der Waals surface area contributed by atoms with Crippen LogP contribution < -0.4 is 11.1 Å². The normalized spacial score (nSPS) is 10.3. The van der Waals surface area contributed by atoms with E-state index in [1.165, 1.54) is 6.07 Å². The molecule has 0 saturated heterocycles. The number of aryl methyl sites for hydroxylation is 1. The molecule has 2 rings (SSSR count). The molecular weight excluding hydrogens is 250 g/mol. The fraction of sp³-hybridized carbons (Fsp3) is 0.167. The fourth-order valence-electron chi connectivity index (χ4n) is 1.55. The molecule has 6 heteroatoms. The maximum absolute atomic E-state index is 10.8. The van der Waals surface area contributed by atoms with Crippen molar-refractivity contribution in [3.8, 4) is 0 Å². The molecule has 4 N–H and O–H groups in total. The van der Waals surface area contributed by atoms with E-state index in [1.54, 1.807) is 23.5 Å². The number of nitrogens with one attached hydrogen (secondary N) is 1. The number of carboxylic acids is 1. The Labute approximate surface area is 108 Å². The van der Waals surface area contributed by atoms with Gasteiger partial charge in [-0.1, -0.05) is 0 Å². The third-order valence-electron chi connectivity index (χ3n) is 2.42. The molecule has 94 valence electrons. The number of carboxylic acid groups (broad SMARTS) is 1. The molecule has 0 unspecified atom stereocenters. The summed E-state index contributed by atoms with van der Waals surface area (Å²) in [7, 11) is 0. The van der Waals surface area contributed by atoms with E-state index >= 15 is 0 Å². The Balaban J connectivity index is 2.06. The Morgan fingerprint density at radius 3 is 2.89 bits per heavy atom. The van der Waals surface area contributed by atoms with E-state index in [1.807, 2.05) is 12.3 Å². The first-order chi connectivity index (χ1) is 8.56. The molecule has 0 aliphatic heterocycles. The summed E-state index contributed by atoms with van der Waals surface area (Å²) < 4.78 is 0. The molecule has 18 heavy (non-hydrogen) atoms. The number of carbonyl (C=O) groups is 1. The standard InChI is InChI=1S/C12H13N3O2S/c1-7-15-9(6-18-7)5-14-8-2-3-10(12(16)17)11(13)4-8/h2-4,6,14H,5,13H2,1H3,(H,16,17). The molecule has 1 heterocycles. The van der Waals surface area contributed by atoms with Gasteiger partial charge in [-0.05, 0) is 25.1 Å². The van der Waals surface area contributed by atoms with E-state index in [-0.39, 0.29) is 11.3 Å². The fourth-order valence-corrected chi connectivity index (χ4v) is 2.16. The van der Waals surface area contributed by atoms with Gasteiger partial charge in [0.05, 0.1) is 22.8 Å². The number of thiazole rings is 1. The number of anilines is 2. The molecular formula is C12H13N3O2S. The molecule has 0 aliphatic carbocycles. The molecule has 0 bridgehead atoms. The summed E-state index contributed by atoms with van der Waals surface area (Å²) in [5, 5.41) is 15.0. The molecule has 0 spiro atoms. The zero-order valence-electron chi connectivity index (χ0n) is 9.80. The van der Waals surface area contributed by atoms with E-state index in [4.69, 9.17) is 10.8 Å². The van der Waals surface area contributed by atoms with Crippen LogP contribution in [0.3, 0.4) is 0 Å². The van der Waals surface area contributed by atoms with Crippen molar-refractivity contribution in [1.29, 1.82) is 0 Å². The van der Waals surface area contributed by atoms with Gasteiger partial charge in [-0.15, -0.1) is 11.3 Å². The highest BCUT2D eigenvalue weighted by Crippen LogP contribution is 2.19. The largest absolute Gasteiger partial charge is 0.478 e. The number of rotatable bonds is 4. The molecule has 0 fully saturated rings. The molecule has 2 aromatic rings. The van der Waals surface area contributed by atoms with Crippen molar-refractivity contribution in [2.45, 2.75) is 13.5 Å². The van der Waals surface area contributed by atoms with Gasteiger partial charge in [0.15, 0.2) is 0 Å². The second-order valence-corrected chi connectivity index (χ2v) is 4.88. The van der Waals surface area contributed by atoms with Crippen LogP contribution in [0.1, 0.15) is 21.1 Å². The highest BCUT2D eigenvalue weighted by molar-refractivity contribution is 7.09. The predicted octanol–water partition coefficient (Wildman–Crippen LogP) is 2.34. The Bertz CT molecular complexity index is 580. The van der Waals surface area contributed by atoms with E-state index in [9.17, 15) is 4.79 Å².